The van der Waals surface area contributed by atoms with Crippen LogP contribution in [0.25, 0.3) is 11.0 Å². The Morgan fingerprint density at radius 3 is 2.71 bits per heavy atom. The van der Waals surface area contributed by atoms with E-state index in [0.29, 0.717) is 11.0 Å². The van der Waals surface area contributed by atoms with Crippen molar-refractivity contribution in [2.45, 2.75) is 4.90 Å². The highest BCUT2D eigenvalue weighted by Crippen LogP contribution is 2.17. The van der Waals surface area contributed by atoms with Crippen LogP contribution in [0.5, 0.6) is 0 Å². The molecule has 14 heavy (non-hydrogen) atoms. The highest BCUT2D eigenvalue weighted by molar-refractivity contribution is 7.85. The van der Waals surface area contributed by atoms with Gasteiger partial charge >= 0.3 is 0 Å². The van der Waals surface area contributed by atoms with E-state index >= 15 is 0 Å². The van der Waals surface area contributed by atoms with E-state index in [2.05, 4.69) is 5.16 Å². The molecule has 0 aliphatic carbocycles. The molecular weight excluding hydrogens is 230 g/mol. The predicted molar refractivity (Wildman–Crippen MR) is 51.1 cm³/mol. The normalized spacial score (nSPS) is 11.2. The van der Waals surface area contributed by atoms with Crippen molar-refractivity contribution in [1.29, 1.82) is 0 Å². The Kier molecular flexibility index (Phi) is 2.79. The van der Waals surface area contributed by atoms with Gasteiger partial charge in [0.1, 0.15) is 0 Å². The Balaban J connectivity index is 0.000000980. The molecule has 0 spiro atoms. The molecule has 0 aliphatic rings. The third-order valence-electron chi connectivity index (χ3n) is 1.62. The quantitative estimate of drug-likeness (QED) is 0.758. The summed E-state index contributed by atoms with van der Waals surface area (Å²) < 4.78 is 34.9. The summed E-state index contributed by atoms with van der Waals surface area (Å²) in [5.41, 5.74) is 0.479. The van der Waals surface area contributed by atoms with Gasteiger partial charge in [0.15, 0.2) is 5.58 Å². The van der Waals surface area contributed by atoms with E-state index in [1.165, 1.54) is 24.4 Å². The maximum atomic E-state index is 10.7. The number of halogens is 1. The van der Waals surface area contributed by atoms with E-state index in [0.717, 1.165) is 0 Å². The van der Waals surface area contributed by atoms with Crippen molar-refractivity contribution in [3.8, 4) is 0 Å². The maximum Gasteiger partial charge on any atom is 0.294 e. The monoisotopic (exact) mass is 235 g/mol. The van der Waals surface area contributed by atoms with Crippen molar-refractivity contribution in [1.82, 2.24) is 5.16 Å². The lowest BCUT2D eigenvalue weighted by atomic mass is 10.3. The van der Waals surface area contributed by atoms with Crippen LogP contribution in [0.1, 0.15) is 0 Å². The molecule has 0 atom stereocenters. The molecule has 76 valence electrons. The third-order valence-corrected chi connectivity index (χ3v) is 2.47. The van der Waals surface area contributed by atoms with E-state index in [4.69, 9.17) is 9.08 Å². The Bertz CT molecular complexity index is 548. The van der Waals surface area contributed by atoms with Gasteiger partial charge in [-0.15, -0.1) is 12.4 Å². The number of hydrogen-bond acceptors (Lipinski definition) is 4. The zero-order valence-corrected chi connectivity index (χ0v) is 8.38. The second-order valence-electron chi connectivity index (χ2n) is 2.50. The van der Waals surface area contributed by atoms with Gasteiger partial charge in [0.05, 0.1) is 11.1 Å². The minimum Gasteiger partial charge on any atom is -0.356 e. The van der Waals surface area contributed by atoms with Crippen LogP contribution in [0, 0.1) is 0 Å². The van der Waals surface area contributed by atoms with E-state index in [-0.39, 0.29) is 17.3 Å². The fourth-order valence-electron chi connectivity index (χ4n) is 1.01. The molecule has 0 bridgehead atoms. The Morgan fingerprint density at radius 2 is 2.07 bits per heavy atom. The second kappa shape index (κ2) is 3.56. The first kappa shape index (κ1) is 11.0. The van der Waals surface area contributed by atoms with Gasteiger partial charge in [-0.05, 0) is 18.2 Å². The van der Waals surface area contributed by atoms with Crippen LogP contribution < -0.4 is 0 Å². The molecule has 1 N–H and O–H groups in total. The lowest BCUT2D eigenvalue weighted by molar-refractivity contribution is 0.456. The number of nitrogens with zero attached hydrogens (tertiary/aromatic N) is 1. The lowest BCUT2D eigenvalue weighted by Crippen LogP contribution is -1.96. The van der Waals surface area contributed by atoms with Gasteiger partial charge in [0.25, 0.3) is 10.1 Å². The molecule has 0 fully saturated rings. The summed E-state index contributed by atoms with van der Waals surface area (Å²) in [6.07, 6.45) is 1.38. The van der Waals surface area contributed by atoms with Crippen molar-refractivity contribution in [3.63, 3.8) is 0 Å². The van der Waals surface area contributed by atoms with Crippen molar-refractivity contribution in [3.05, 3.63) is 24.4 Å². The zero-order valence-electron chi connectivity index (χ0n) is 6.75. The van der Waals surface area contributed by atoms with Gasteiger partial charge < -0.3 is 4.52 Å². The Morgan fingerprint density at radius 1 is 1.36 bits per heavy atom. The van der Waals surface area contributed by atoms with Crippen molar-refractivity contribution < 1.29 is 17.5 Å². The van der Waals surface area contributed by atoms with E-state index in [1.807, 2.05) is 0 Å². The third kappa shape index (κ3) is 1.87. The summed E-state index contributed by atoms with van der Waals surface area (Å²) in [5.74, 6) is 0. The predicted octanol–water partition coefficient (Wildman–Crippen LogP) is 1.50. The van der Waals surface area contributed by atoms with Gasteiger partial charge in [-0.2, -0.15) is 8.42 Å². The average Bonchev–Trinajstić information content (AvgIpc) is 2.47. The Hall–Kier alpha value is -1.11. The van der Waals surface area contributed by atoms with Gasteiger partial charge in [-0.1, -0.05) is 5.16 Å². The summed E-state index contributed by atoms with van der Waals surface area (Å²) in [6.45, 7) is 0. The van der Waals surface area contributed by atoms with E-state index in [1.54, 1.807) is 0 Å². The van der Waals surface area contributed by atoms with E-state index in [9.17, 15) is 8.42 Å². The summed E-state index contributed by atoms with van der Waals surface area (Å²) in [7, 11) is -4.14. The van der Waals surface area contributed by atoms with Crippen LogP contribution >= 0.6 is 12.4 Å². The fourth-order valence-corrected chi connectivity index (χ4v) is 1.53. The van der Waals surface area contributed by atoms with Crippen molar-refractivity contribution in [2.24, 2.45) is 0 Å². The number of fused-ring (bicyclic) bond motifs is 1. The first-order chi connectivity index (χ1) is 6.07. The average molecular weight is 236 g/mol. The van der Waals surface area contributed by atoms with Gasteiger partial charge in [0, 0.05) is 5.39 Å². The molecule has 0 aliphatic heterocycles. The molecule has 7 heteroatoms. The van der Waals surface area contributed by atoms with Gasteiger partial charge in [0.2, 0.25) is 0 Å². The highest BCUT2D eigenvalue weighted by Gasteiger charge is 2.10. The van der Waals surface area contributed by atoms with E-state index < -0.39 is 10.1 Å². The molecule has 0 amide bonds. The largest absolute Gasteiger partial charge is 0.356 e. The molecule has 1 aromatic heterocycles. The van der Waals surface area contributed by atoms with Crippen LogP contribution in [0.2, 0.25) is 0 Å². The molecular formula is C7H6ClNO4S. The smallest absolute Gasteiger partial charge is 0.294 e. The Labute approximate surface area is 85.9 Å². The topological polar surface area (TPSA) is 80.4 Å². The van der Waals surface area contributed by atoms with Gasteiger partial charge in [-0.3, -0.25) is 4.55 Å². The molecule has 1 heterocycles. The number of benzene rings is 1. The van der Waals surface area contributed by atoms with Crippen LogP contribution in [-0.2, 0) is 10.1 Å². The van der Waals surface area contributed by atoms with Gasteiger partial charge in [-0.25, -0.2) is 0 Å². The molecule has 5 nitrogen and oxygen atoms in total. The lowest BCUT2D eigenvalue weighted by Gasteiger charge is -1.94. The van der Waals surface area contributed by atoms with Crippen LogP contribution in [0.3, 0.4) is 0 Å². The number of aromatic nitrogens is 1. The summed E-state index contributed by atoms with van der Waals surface area (Å²) in [4.78, 5) is -0.164. The zero-order chi connectivity index (χ0) is 9.47. The highest BCUT2D eigenvalue weighted by atomic mass is 35.5. The SMILES string of the molecule is Cl.O=S(=O)(O)c1ccc2oncc2c1. The maximum absolute atomic E-state index is 10.7. The summed E-state index contributed by atoms with van der Waals surface area (Å²) >= 11 is 0. The first-order valence-corrected chi connectivity index (χ1v) is 4.83. The molecule has 0 unspecified atom stereocenters. The minimum atomic E-state index is -4.14. The molecule has 0 radical (unpaired) electrons. The first-order valence-electron chi connectivity index (χ1n) is 3.39. The molecule has 1 aromatic carbocycles. The summed E-state index contributed by atoms with van der Waals surface area (Å²) in [6, 6.07) is 3.98. The van der Waals surface area contributed by atoms with Crippen LogP contribution in [0.4, 0.5) is 0 Å². The standard InChI is InChI=1S/C7H5NO4S.ClH/c9-13(10,11)6-1-2-7-5(3-6)4-8-12-7;/h1-4H,(H,9,10,11);1H. The molecule has 2 aromatic rings. The molecule has 0 saturated carbocycles. The second-order valence-corrected chi connectivity index (χ2v) is 3.92. The number of hydrogen-bond donors (Lipinski definition) is 1. The van der Waals surface area contributed by atoms with Crippen LogP contribution in [0.15, 0.2) is 33.8 Å². The fraction of sp³-hybridized carbons (Fsp3) is 0. The van der Waals surface area contributed by atoms with Crippen molar-refractivity contribution in [2.75, 3.05) is 0 Å². The van der Waals surface area contributed by atoms with Crippen LogP contribution in [-0.4, -0.2) is 18.1 Å². The molecule has 0 saturated heterocycles. The molecule has 2 rings (SSSR count). The van der Waals surface area contributed by atoms with Crippen molar-refractivity contribution >= 4 is 33.5 Å². The minimum absolute atomic E-state index is 0. The number of rotatable bonds is 1. The summed E-state index contributed by atoms with van der Waals surface area (Å²) in [5, 5.41) is 4.01.